The molecule has 3 N–H and O–H groups in total. The summed E-state index contributed by atoms with van der Waals surface area (Å²) >= 11 is 0. The Kier molecular flexibility index (Phi) is 6.29. The van der Waals surface area contributed by atoms with Gasteiger partial charge in [-0.25, -0.2) is 4.79 Å². The molecule has 7 nitrogen and oxygen atoms in total. The molecule has 3 rings (SSSR count). The molecule has 0 spiro atoms. The van der Waals surface area contributed by atoms with E-state index >= 15 is 0 Å². The van der Waals surface area contributed by atoms with Gasteiger partial charge in [-0.05, 0) is 55.3 Å². The highest BCUT2D eigenvalue weighted by atomic mass is 16.5. The van der Waals surface area contributed by atoms with Crippen molar-refractivity contribution in [1.29, 1.82) is 0 Å². The molecule has 7 heteroatoms. The van der Waals surface area contributed by atoms with Crippen LogP contribution in [0.3, 0.4) is 0 Å². The van der Waals surface area contributed by atoms with Gasteiger partial charge in [0.05, 0.1) is 17.9 Å². The molecule has 0 unspecified atom stereocenters. The summed E-state index contributed by atoms with van der Waals surface area (Å²) in [7, 11) is 0. The summed E-state index contributed by atoms with van der Waals surface area (Å²) in [5, 5.41) is 19.7. The highest BCUT2D eigenvalue weighted by Crippen LogP contribution is 2.30. The molecule has 0 saturated carbocycles. The molecule has 0 aliphatic rings. The number of aromatic nitrogens is 2. The standard InChI is InChI=1S/C22H23N3O4/c1-3-4-12-29-22(28)15-8-10-16(11-9-15)23-21(27)19-13-18(24-25-19)17-7-5-6-14(2)20(17)26/h5-11,13,26H,3-4,12H2,1-2H3,(H,23,27)(H,24,25). The molecule has 150 valence electrons. The molecule has 0 bridgehead atoms. The largest absolute Gasteiger partial charge is 0.507 e. The SMILES string of the molecule is CCCCOC(=O)c1ccc(NC(=O)c2cc(-c3cccc(C)c3O)n[nH]2)cc1. The number of nitrogens with one attached hydrogen (secondary N) is 2. The van der Waals surface area contributed by atoms with E-state index < -0.39 is 0 Å². The zero-order valence-corrected chi connectivity index (χ0v) is 16.4. The molecule has 0 aliphatic carbocycles. The van der Waals surface area contributed by atoms with E-state index in [2.05, 4.69) is 15.5 Å². The zero-order chi connectivity index (χ0) is 20.8. The third-order valence-corrected chi connectivity index (χ3v) is 4.45. The first-order chi connectivity index (χ1) is 14.0. The summed E-state index contributed by atoms with van der Waals surface area (Å²) < 4.78 is 5.16. The highest BCUT2D eigenvalue weighted by Gasteiger charge is 2.15. The topological polar surface area (TPSA) is 104 Å². The van der Waals surface area contributed by atoms with Gasteiger partial charge < -0.3 is 15.2 Å². The number of ether oxygens (including phenoxy) is 1. The Morgan fingerprint density at radius 2 is 1.93 bits per heavy atom. The summed E-state index contributed by atoms with van der Waals surface area (Å²) in [6.07, 6.45) is 1.78. The molecule has 0 radical (unpaired) electrons. The normalized spacial score (nSPS) is 10.6. The second-order valence-electron chi connectivity index (χ2n) is 6.66. The Labute approximate surface area is 168 Å². The van der Waals surface area contributed by atoms with E-state index in [9.17, 15) is 14.7 Å². The van der Waals surface area contributed by atoms with Crippen LogP contribution >= 0.6 is 0 Å². The van der Waals surface area contributed by atoms with Crippen LogP contribution in [0.15, 0.2) is 48.5 Å². The van der Waals surface area contributed by atoms with Crippen LogP contribution in [0.4, 0.5) is 5.69 Å². The number of rotatable bonds is 7. The molecule has 0 fully saturated rings. The van der Waals surface area contributed by atoms with Gasteiger partial charge in [0, 0.05) is 11.3 Å². The summed E-state index contributed by atoms with van der Waals surface area (Å²) in [6.45, 7) is 4.21. The molecule has 1 heterocycles. The van der Waals surface area contributed by atoms with Gasteiger partial charge in [0.2, 0.25) is 0 Å². The van der Waals surface area contributed by atoms with E-state index in [-0.39, 0.29) is 23.3 Å². The number of hydrogen-bond donors (Lipinski definition) is 3. The van der Waals surface area contributed by atoms with Crippen molar-refractivity contribution in [2.75, 3.05) is 11.9 Å². The number of esters is 1. The molecule has 29 heavy (non-hydrogen) atoms. The Bertz CT molecular complexity index is 1010. The number of unbranched alkanes of at least 4 members (excludes halogenated alkanes) is 1. The van der Waals surface area contributed by atoms with Gasteiger partial charge in [0.25, 0.3) is 5.91 Å². The van der Waals surface area contributed by atoms with E-state index in [1.165, 1.54) is 0 Å². The molecule has 1 amide bonds. The maximum absolute atomic E-state index is 12.5. The maximum atomic E-state index is 12.5. The van der Waals surface area contributed by atoms with Crippen molar-refractivity contribution in [2.45, 2.75) is 26.7 Å². The Morgan fingerprint density at radius 1 is 1.17 bits per heavy atom. The van der Waals surface area contributed by atoms with Crippen LogP contribution < -0.4 is 5.32 Å². The summed E-state index contributed by atoms with van der Waals surface area (Å²) in [6, 6.07) is 13.4. The van der Waals surface area contributed by atoms with Gasteiger partial charge in [-0.15, -0.1) is 0 Å². The number of phenolic OH excluding ortho intramolecular Hbond substituents is 1. The lowest BCUT2D eigenvalue weighted by atomic mass is 10.1. The summed E-state index contributed by atoms with van der Waals surface area (Å²) in [5.41, 5.74) is 2.97. The molecule has 0 atom stereocenters. The van der Waals surface area contributed by atoms with Gasteiger partial charge in [0.1, 0.15) is 11.4 Å². The van der Waals surface area contributed by atoms with Crippen LogP contribution in [0.1, 0.15) is 46.2 Å². The van der Waals surface area contributed by atoms with Crippen LogP contribution in [0, 0.1) is 6.92 Å². The van der Waals surface area contributed by atoms with E-state index in [0.717, 1.165) is 18.4 Å². The van der Waals surface area contributed by atoms with Crippen molar-refractivity contribution in [3.8, 4) is 17.0 Å². The molecule has 1 aromatic heterocycles. The zero-order valence-electron chi connectivity index (χ0n) is 16.4. The van der Waals surface area contributed by atoms with Gasteiger partial charge >= 0.3 is 5.97 Å². The number of aromatic hydroxyl groups is 1. The van der Waals surface area contributed by atoms with Crippen LogP contribution in [-0.2, 0) is 4.74 Å². The van der Waals surface area contributed by atoms with Crippen molar-refractivity contribution in [2.24, 2.45) is 0 Å². The molecule has 2 aromatic carbocycles. The van der Waals surface area contributed by atoms with Crippen molar-refractivity contribution in [3.63, 3.8) is 0 Å². The number of aromatic amines is 1. The number of phenols is 1. The Hall–Kier alpha value is -3.61. The number of carbonyl (C=O) groups is 2. The number of aryl methyl sites for hydroxylation is 1. The van der Waals surface area contributed by atoms with Crippen LogP contribution in [-0.4, -0.2) is 33.8 Å². The minimum absolute atomic E-state index is 0.132. The fourth-order valence-corrected chi connectivity index (χ4v) is 2.72. The third kappa shape index (κ3) is 4.82. The Morgan fingerprint density at radius 3 is 2.66 bits per heavy atom. The number of para-hydroxylation sites is 1. The molecule has 0 saturated heterocycles. The first-order valence-corrected chi connectivity index (χ1v) is 9.42. The maximum Gasteiger partial charge on any atom is 0.338 e. The monoisotopic (exact) mass is 393 g/mol. The summed E-state index contributed by atoms with van der Waals surface area (Å²) in [4.78, 5) is 24.4. The highest BCUT2D eigenvalue weighted by molar-refractivity contribution is 6.03. The molecule has 3 aromatic rings. The van der Waals surface area contributed by atoms with Crippen molar-refractivity contribution in [1.82, 2.24) is 10.2 Å². The number of amides is 1. The minimum atomic E-state index is -0.382. The van der Waals surface area contributed by atoms with Gasteiger partial charge in [-0.2, -0.15) is 5.10 Å². The lowest BCUT2D eigenvalue weighted by Gasteiger charge is -2.06. The average Bonchev–Trinajstić information content (AvgIpc) is 3.21. The number of nitrogens with zero attached hydrogens (tertiary/aromatic N) is 1. The Balaban J connectivity index is 1.66. The van der Waals surface area contributed by atoms with Crippen LogP contribution in [0.2, 0.25) is 0 Å². The number of benzene rings is 2. The van der Waals surface area contributed by atoms with E-state index in [4.69, 9.17) is 4.74 Å². The fourth-order valence-electron chi connectivity index (χ4n) is 2.72. The second kappa shape index (κ2) is 9.05. The van der Waals surface area contributed by atoms with E-state index in [1.807, 2.05) is 13.0 Å². The second-order valence-corrected chi connectivity index (χ2v) is 6.66. The fraction of sp³-hybridized carbons (Fsp3) is 0.227. The van der Waals surface area contributed by atoms with Gasteiger partial charge in [-0.3, -0.25) is 9.89 Å². The minimum Gasteiger partial charge on any atom is -0.507 e. The van der Waals surface area contributed by atoms with Crippen molar-refractivity contribution >= 4 is 17.6 Å². The lowest BCUT2D eigenvalue weighted by Crippen LogP contribution is -2.12. The molecular formula is C22H23N3O4. The summed E-state index contributed by atoms with van der Waals surface area (Å²) in [5.74, 6) is -0.631. The molecular weight excluding hydrogens is 370 g/mol. The number of anilines is 1. The first-order valence-electron chi connectivity index (χ1n) is 9.42. The first kappa shape index (κ1) is 20.1. The smallest absolute Gasteiger partial charge is 0.338 e. The number of H-pyrrole nitrogens is 1. The van der Waals surface area contributed by atoms with Gasteiger partial charge in [-0.1, -0.05) is 25.5 Å². The average molecular weight is 393 g/mol. The quantitative estimate of drug-likeness (QED) is 0.410. The predicted octanol–water partition coefficient (Wildman–Crippen LogP) is 4.30. The van der Waals surface area contributed by atoms with Crippen LogP contribution in [0.25, 0.3) is 11.3 Å². The predicted molar refractivity (Wildman–Crippen MR) is 110 cm³/mol. The number of hydrogen-bond acceptors (Lipinski definition) is 5. The number of carbonyl (C=O) groups excluding carboxylic acids is 2. The lowest BCUT2D eigenvalue weighted by molar-refractivity contribution is 0.0499. The van der Waals surface area contributed by atoms with Gasteiger partial charge in [0.15, 0.2) is 0 Å². The van der Waals surface area contributed by atoms with E-state index in [1.54, 1.807) is 49.4 Å². The third-order valence-electron chi connectivity index (χ3n) is 4.45. The van der Waals surface area contributed by atoms with E-state index in [0.29, 0.717) is 29.1 Å². The molecule has 0 aliphatic heterocycles. The van der Waals surface area contributed by atoms with Crippen molar-refractivity contribution in [3.05, 3.63) is 65.4 Å². The van der Waals surface area contributed by atoms with Crippen molar-refractivity contribution < 1.29 is 19.4 Å². The van der Waals surface area contributed by atoms with Crippen LogP contribution in [0.5, 0.6) is 5.75 Å².